The fraction of sp³-hybridized carbons (Fsp3) is 0.357. The van der Waals surface area contributed by atoms with Crippen LogP contribution >= 0.6 is 0 Å². The van der Waals surface area contributed by atoms with Gasteiger partial charge < -0.3 is 15.4 Å². The Morgan fingerprint density at radius 3 is 2.62 bits per heavy atom. The largest absolute Gasteiger partial charge is 0.497 e. The van der Waals surface area contributed by atoms with E-state index in [-0.39, 0.29) is 17.3 Å². The minimum Gasteiger partial charge on any atom is -0.497 e. The van der Waals surface area contributed by atoms with Crippen LogP contribution in [0.2, 0.25) is 0 Å². The zero-order valence-corrected chi connectivity index (χ0v) is 11.7. The van der Waals surface area contributed by atoms with Crippen molar-refractivity contribution in [2.24, 2.45) is 0 Å². The summed E-state index contributed by atoms with van der Waals surface area (Å²) in [6.45, 7) is 1.77. The monoisotopic (exact) mass is 289 g/mol. The smallest absolute Gasteiger partial charge is 0.230 e. The molecule has 1 fully saturated rings. The van der Waals surface area contributed by atoms with Gasteiger partial charge in [0.15, 0.2) is 5.82 Å². The van der Waals surface area contributed by atoms with Crippen molar-refractivity contribution in [2.45, 2.75) is 12.8 Å². The minimum atomic E-state index is -0.452. The van der Waals surface area contributed by atoms with Gasteiger partial charge in [-0.25, -0.2) is 4.39 Å². The molecule has 0 aliphatic carbocycles. The van der Waals surface area contributed by atoms with E-state index in [4.69, 9.17) is 10.5 Å². The van der Waals surface area contributed by atoms with E-state index < -0.39 is 5.82 Å². The summed E-state index contributed by atoms with van der Waals surface area (Å²) in [5.41, 5.74) is 6.02. The zero-order chi connectivity index (χ0) is 14.8. The van der Waals surface area contributed by atoms with E-state index >= 15 is 0 Å². The summed E-state index contributed by atoms with van der Waals surface area (Å²) in [7, 11) is 1.49. The van der Waals surface area contributed by atoms with Crippen LogP contribution in [0.1, 0.15) is 12.8 Å². The number of nitrogens with zero attached hydrogens (tertiary/aromatic N) is 4. The Hall–Kier alpha value is -2.44. The summed E-state index contributed by atoms with van der Waals surface area (Å²) in [4.78, 5) is 14.6. The van der Waals surface area contributed by atoms with Gasteiger partial charge in [-0.1, -0.05) is 0 Å². The van der Waals surface area contributed by atoms with Gasteiger partial charge in [0, 0.05) is 19.2 Å². The molecule has 21 heavy (non-hydrogen) atoms. The van der Waals surface area contributed by atoms with Gasteiger partial charge in [-0.2, -0.15) is 15.0 Å². The standard InChI is InChI=1S/C14H16FN5O/c1-21-9-4-5-10(11(15)8-9)12-17-13(16)19-14(18-12)20-6-2-3-7-20/h4-5,8H,2-3,6-7H2,1H3,(H2,16,17,18,19). The third-order valence-electron chi connectivity index (χ3n) is 3.45. The third kappa shape index (κ3) is 2.72. The van der Waals surface area contributed by atoms with Gasteiger partial charge in [0.05, 0.1) is 12.7 Å². The molecule has 6 nitrogen and oxygen atoms in total. The summed E-state index contributed by atoms with van der Waals surface area (Å²) in [6.07, 6.45) is 2.19. The second-order valence-corrected chi connectivity index (χ2v) is 4.86. The molecule has 110 valence electrons. The van der Waals surface area contributed by atoms with Crippen molar-refractivity contribution in [2.75, 3.05) is 30.8 Å². The highest BCUT2D eigenvalue weighted by atomic mass is 19.1. The van der Waals surface area contributed by atoms with Crippen LogP contribution in [0.4, 0.5) is 16.3 Å². The normalized spacial score (nSPS) is 14.5. The molecular weight excluding hydrogens is 273 g/mol. The number of ether oxygens (including phenoxy) is 1. The van der Waals surface area contributed by atoms with Crippen LogP contribution in [0.15, 0.2) is 18.2 Å². The van der Waals surface area contributed by atoms with Crippen LogP contribution in [0.25, 0.3) is 11.4 Å². The molecule has 0 amide bonds. The van der Waals surface area contributed by atoms with E-state index in [1.807, 2.05) is 4.90 Å². The van der Waals surface area contributed by atoms with Crippen LogP contribution in [-0.2, 0) is 0 Å². The van der Waals surface area contributed by atoms with Crippen LogP contribution in [0.3, 0.4) is 0 Å². The minimum absolute atomic E-state index is 0.0946. The van der Waals surface area contributed by atoms with Crippen LogP contribution in [0, 0.1) is 5.82 Å². The fourth-order valence-corrected chi connectivity index (χ4v) is 2.36. The van der Waals surface area contributed by atoms with Crippen molar-refractivity contribution in [1.29, 1.82) is 0 Å². The van der Waals surface area contributed by atoms with Gasteiger partial charge in [0.1, 0.15) is 11.6 Å². The Morgan fingerprint density at radius 2 is 1.95 bits per heavy atom. The maximum Gasteiger partial charge on any atom is 0.230 e. The molecule has 0 saturated carbocycles. The number of benzene rings is 1. The first-order chi connectivity index (χ1) is 10.2. The number of methoxy groups -OCH3 is 1. The number of halogens is 1. The van der Waals surface area contributed by atoms with Crippen LogP contribution in [-0.4, -0.2) is 35.2 Å². The third-order valence-corrected chi connectivity index (χ3v) is 3.45. The maximum atomic E-state index is 14.1. The highest BCUT2D eigenvalue weighted by Gasteiger charge is 2.18. The Morgan fingerprint density at radius 1 is 1.19 bits per heavy atom. The molecule has 7 heteroatoms. The number of rotatable bonds is 3. The van der Waals surface area contributed by atoms with E-state index in [0.717, 1.165) is 25.9 Å². The van der Waals surface area contributed by atoms with Crippen molar-refractivity contribution < 1.29 is 9.13 Å². The molecule has 2 aromatic rings. The van der Waals surface area contributed by atoms with E-state index in [1.165, 1.54) is 13.2 Å². The van der Waals surface area contributed by atoms with Gasteiger partial charge in [-0.05, 0) is 25.0 Å². The highest BCUT2D eigenvalue weighted by molar-refractivity contribution is 5.60. The van der Waals surface area contributed by atoms with Crippen molar-refractivity contribution in [3.05, 3.63) is 24.0 Å². The van der Waals surface area contributed by atoms with Crippen LogP contribution < -0.4 is 15.4 Å². The van der Waals surface area contributed by atoms with Crippen molar-refractivity contribution in [3.8, 4) is 17.1 Å². The van der Waals surface area contributed by atoms with E-state index in [1.54, 1.807) is 12.1 Å². The average Bonchev–Trinajstić information content (AvgIpc) is 3.00. The van der Waals surface area contributed by atoms with E-state index in [9.17, 15) is 4.39 Å². The molecule has 1 aromatic heterocycles. The van der Waals surface area contributed by atoms with Crippen molar-refractivity contribution >= 4 is 11.9 Å². The Labute approximate surface area is 121 Å². The summed E-state index contributed by atoms with van der Waals surface area (Å²) >= 11 is 0. The van der Waals surface area contributed by atoms with Crippen molar-refractivity contribution in [3.63, 3.8) is 0 Å². The summed E-state index contributed by atoms with van der Waals surface area (Å²) in [5.74, 6) is 0.831. The second kappa shape index (κ2) is 5.51. The Kier molecular flexibility index (Phi) is 3.55. The fourth-order valence-electron chi connectivity index (χ4n) is 2.36. The first-order valence-electron chi connectivity index (χ1n) is 6.78. The molecular formula is C14H16FN5O. The van der Waals surface area contributed by atoms with Gasteiger partial charge in [-0.3, -0.25) is 0 Å². The topological polar surface area (TPSA) is 77.2 Å². The average molecular weight is 289 g/mol. The number of hydrogen-bond donors (Lipinski definition) is 1. The lowest BCUT2D eigenvalue weighted by atomic mass is 10.2. The van der Waals surface area contributed by atoms with E-state index in [0.29, 0.717) is 11.7 Å². The van der Waals surface area contributed by atoms with Gasteiger partial charge in [0.25, 0.3) is 0 Å². The Bertz CT molecular complexity index is 658. The lowest BCUT2D eigenvalue weighted by Gasteiger charge is -2.16. The molecule has 2 N–H and O–H groups in total. The number of nitrogens with two attached hydrogens (primary N) is 1. The Balaban J connectivity index is 2.01. The predicted octanol–water partition coefficient (Wildman–Crippen LogP) is 1.87. The molecule has 0 atom stereocenters. The molecule has 1 saturated heterocycles. The molecule has 3 rings (SSSR count). The molecule has 2 heterocycles. The number of anilines is 2. The predicted molar refractivity (Wildman–Crippen MR) is 77.6 cm³/mol. The highest BCUT2D eigenvalue weighted by Crippen LogP contribution is 2.26. The number of aromatic nitrogens is 3. The lowest BCUT2D eigenvalue weighted by molar-refractivity contribution is 0.411. The molecule has 0 spiro atoms. The van der Waals surface area contributed by atoms with Gasteiger partial charge in [-0.15, -0.1) is 0 Å². The lowest BCUT2D eigenvalue weighted by Crippen LogP contribution is -2.21. The summed E-state index contributed by atoms with van der Waals surface area (Å²) in [5, 5.41) is 0. The summed E-state index contributed by atoms with van der Waals surface area (Å²) < 4.78 is 19.1. The SMILES string of the molecule is COc1ccc(-c2nc(N)nc(N3CCCC3)n2)c(F)c1. The molecule has 0 bridgehead atoms. The first-order valence-corrected chi connectivity index (χ1v) is 6.78. The molecule has 1 aliphatic rings. The molecule has 0 unspecified atom stereocenters. The second-order valence-electron chi connectivity index (χ2n) is 4.86. The molecule has 1 aromatic carbocycles. The zero-order valence-electron chi connectivity index (χ0n) is 11.7. The first kappa shape index (κ1) is 13.5. The number of hydrogen-bond acceptors (Lipinski definition) is 6. The van der Waals surface area contributed by atoms with Crippen LogP contribution in [0.5, 0.6) is 5.75 Å². The quantitative estimate of drug-likeness (QED) is 0.929. The summed E-state index contributed by atoms with van der Waals surface area (Å²) in [6, 6.07) is 4.54. The van der Waals surface area contributed by atoms with E-state index in [2.05, 4.69) is 15.0 Å². The van der Waals surface area contributed by atoms with Crippen molar-refractivity contribution in [1.82, 2.24) is 15.0 Å². The number of nitrogen functional groups attached to an aromatic ring is 1. The molecule has 1 aliphatic heterocycles. The molecule has 0 radical (unpaired) electrons. The maximum absolute atomic E-state index is 14.1. The van der Waals surface area contributed by atoms with Gasteiger partial charge >= 0.3 is 0 Å². The van der Waals surface area contributed by atoms with Gasteiger partial charge in [0.2, 0.25) is 11.9 Å².